The second-order valence-electron chi connectivity index (χ2n) is 5.38. The van der Waals surface area contributed by atoms with Crippen molar-refractivity contribution >= 4 is 21.6 Å². The molecule has 1 saturated carbocycles. The number of sulfonamides is 1. The number of halogens is 1. The minimum absolute atomic E-state index is 0.0291. The van der Waals surface area contributed by atoms with E-state index in [1.807, 2.05) is 0 Å². The van der Waals surface area contributed by atoms with Crippen LogP contribution in [0.25, 0.3) is 0 Å². The van der Waals surface area contributed by atoms with Gasteiger partial charge in [0.15, 0.2) is 0 Å². The zero-order valence-corrected chi connectivity index (χ0v) is 12.9. The van der Waals surface area contributed by atoms with Crippen molar-refractivity contribution in [2.75, 3.05) is 5.32 Å². The van der Waals surface area contributed by atoms with Gasteiger partial charge in [0.05, 0.1) is 4.90 Å². The molecule has 120 valence electrons. The molecule has 1 fully saturated rings. The first-order chi connectivity index (χ1) is 10.9. The summed E-state index contributed by atoms with van der Waals surface area (Å²) in [7, 11) is -3.53. The van der Waals surface area contributed by atoms with E-state index in [0.717, 1.165) is 12.8 Å². The highest BCUT2D eigenvalue weighted by Gasteiger charge is 2.27. The average molecular weight is 334 g/mol. The molecule has 1 aliphatic carbocycles. The van der Waals surface area contributed by atoms with Crippen molar-refractivity contribution in [3.63, 3.8) is 0 Å². The van der Waals surface area contributed by atoms with Crippen molar-refractivity contribution in [2.45, 2.75) is 23.8 Å². The molecule has 0 saturated heterocycles. The van der Waals surface area contributed by atoms with E-state index in [0.29, 0.717) is 11.3 Å². The highest BCUT2D eigenvalue weighted by Crippen LogP contribution is 2.22. The molecule has 23 heavy (non-hydrogen) atoms. The van der Waals surface area contributed by atoms with Crippen molar-refractivity contribution in [1.29, 1.82) is 0 Å². The molecule has 0 bridgehead atoms. The molecule has 0 aromatic heterocycles. The van der Waals surface area contributed by atoms with E-state index in [2.05, 4.69) is 10.0 Å². The van der Waals surface area contributed by atoms with Crippen LogP contribution in [-0.4, -0.2) is 20.4 Å². The summed E-state index contributed by atoms with van der Waals surface area (Å²) in [6, 6.07) is 11.1. The van der Waals surface area contributed by atoms with E-state index in [-0.39, 0.29) is 16.8 Å². The molecular weight excluding hydrogens is 319 g/mol. The summed E-state index contributed by atoms with van der Waals surface area (Å²) in [5.74, 6) is -0.781. The van der Waals surface area contributed by atoms with Crippen molar-refractivity contribution in [3.8, 4) is 0 Å². The highest BCUT2D eigenvalue weighted by molar-refractivity contribution is 7.89. The lowest BCUT2D eigenvalue weighted by molar-refractivity contribution is 0.102. The number of carbonyl (C=O) groups excluding carboxylic acids is 1. The van der Waals surface area contributed by atoms with Gasteiger partial charge < -0.3 is 5.32 Å². The van der Waals surface area contributed by atoms with E-state index in [1.165, 1.54) is 48.5 Å². The van der Waals surface area contributed by atoms with Crippen LogP contribution in [0.2, 0.25) is 0 Å². The van der Waals surface area contributed by atoms with Crippen molar-refractivity contribution in [1.82, 2.24) is 4.72 Å². The van der Waals surface area contributed by atoms with Crippen LogP contribution in [0.3, 0.4) is 0 Å². The Hall–Kier alpha value is -2.25. The Kier molecular flexibility index (Phi) is 4.14. The molecule has 2 aromatic carbocycles. The number of rotatable bonds is 5. The van der Waals surface area contributed by atoms with E-state index < -0.39 is 15.9 Å². The number of hydrogen-bond acceptors (Lipinski definition) is 3. The summed E-state index contributed by atoms with van der Waals surface area (Å²) in [5.41, 5.74) is 0.781. The lowest BCUT2D eigenvalue weighted by Crippen LogP contribution is -2.25. The van der Waals surface area contributed by atoms with Crippen molar-refractivity contribution in [3.05, 3.63) is 59.9 Å². The molecule has 0 radical (unpaired) electrons. The maximum absolute atomic E-state index is 12.8. The number of nitrogens with one attached hydrogen (secondary N) is 2. The van der Waals surface area contributed by atoms with Gasteiger partial charge in [-0.15, -0.1) is 0 Å². The molecule has 0 unspecified atom stereocenters. The number of benzene rings is 2. The van der Waals surface area contributed by atoms with E-state index >= 15 is 0 Å². The number of amides is 1. The van der Waals surface area contributed by atoms with Crippen molar-refractivity contribution < 1.29 is 17.6 Å². The fourth-order valence-electron chi connectivity index (χ4n) is 2.01. The van der Waals surface area contributed by atoms with E-state index in [1.54, 1.807) is 0 Å². The minimum Gasteiger partial charge on any atom is -0.322 e. The van der Waals surface area contributed by atoms with Gasteiger partial charge in [-0.2, -0.15) is 0 Å². The second kappa shape index (κ2) is 6.10. The molecule has 1 aliphatic rings. The lowest BCUT2D eigenvalue weighted by atomic mass is 10.2. The van der Waals surface area contributed by atoms with Gasteiger partial charge in [0.25, 0.3) is 5.91 Å². The second-order valence-corrected chi connectivity index (χ2v) is 7.09. The van der Waals surface area contributed by atoms with Gasteiger partial charge in [0, 0.05) is 17.3 Å². The molecule has 3 rings (SSSR count). The normalized spacial score (nSPS) is 14.5. The van der Waals surface area contributed by atoms with Gasteiger partial charge in [-0.3, -0.25) is 4.79 Å². The lowest BCUT2D eigenvalue weighted by Gasteiger charge is -2.08. The Labute approximate surface area is 133 Å². The molecule has 2 N–H and O–H groups in total. The van der Waals surface area contributed by atoms with Crippen LogP contribution in [0, 0.1) is 5.82 Å². The Morgan fingerprint density at radius 1 is 1.00 bits per heavy atom. The van der Waals surface area contributed by atoms with Crippen LogP contribution >= 0.6 is 0 Å². The fourth-order valence-corrected chi connectivity index (χ4v) is 3.32. The largest absolute Gasteiger partial charge is 0.322 e. The molecule has 7 heteroatoms. The third kappa shape index (κ3) is 3.94. The summed E-state index contributed by atoms with van der Waals surface area (Å²) in [4.78, 5) is 12.2. The van der Waals surface area contributed by atoms with Crippen LogP contribution in [0.15, 0.2) is 53.4 Å². The molecule has 5 nitrogen and oxygen atoms in total. The maximum Gasteiger partial charge on any atom is 0.255 e. The summed E-state index contributed by atoms with van der Waals surface area (Å²) >= 11 is 0. The van der Waals surface area contributed by atoms with Gasteiger partial charge in [-0.05, 0) is 61.4 Å². The topological polar surface area (TPSA) is 75.3 Å². The van der Waals surface area contributed by atoms with Crippen LogP contribution in [0.4, 0.5) is 10.1 Å². The first-order valence-corrected chi connectivity index (χ1v) is 8.62. The van der Waals surface area contributed by atoms with Crippen molar-refractivity contribution in [2.24, 2.45) is 0 Å². The fraction of sp³-hybridized carbons (Fsp3) is 0.188. The SMILES string of the molecule is O=C(Nc1ccc(F)cc1)c1ccc(S(=O)(=O)NC2CC2)cc1. The van der Waals surface area contributed by atoms with Gasteiger partial charge in [0.2, 0.25) is 10.0 Å². The summed E-state index contributed by atoms with van der Waals surface area (Å²) < 4.78 is 39.5. The molecule has 0 spiro atoms. The quantitative estimate of drug-likeness (QED) is 0.882. The third-order valence-corrected chi connectivity index (χ3v) is 4.96. The minimum atomic E-state index is -3.53. The zero-order chi connectivity index (χ0) is 16.4. The third-order valence-electron chi connectivity index (χ3n) is 3.43. The Bertz CT molecular complexity index is 813. The highest BCUT2D eigenvalue weighted by atomic mass is 32.2. The van der Waals surface area contributed by atoms with Crippen LogP contribution < -0.4 is 10.0 Å². The van der Waals surface area contributed by atoms with Gasteiger partial charge in [0.1, 0.15) is 5.82 Å². The Morgan fingerprint density at radius 3 is 2.17 bits per heavy atom. The van der Waals surface area contributed by atoms with Crippen LogP contribution in [0.1, 0.15) is 23.2 Å². The first-order valence-electron chi connectivity index (χ1n) is 7.13. The van der Waals surface area contributed by atoms with Gasteiger partial charge in [-0.25, -0.2) is 17.5 Å². The van der Waals surface area contributed by atoms with Crippen LogP contribution in [-0.2, 0) is 10.0 Å². The monoisotopic (exact) mass is 334 g/mol. The summed E-state index contributed by atoms with van der Waals surface area (Å²) in [6.45, 7) is 0. The summed E-state index contributed by atoms with van der Waals surface area (Å²) in [5, 5.41) is 2.62. The Balaban J connectivity index is 1.71. The molecule has 0 heterocycles. The Morgan fingerprint density at radius 2 is 1.61 bits per heavy atom. The molecular formula is C16H15FN2O3S. The zero-order valence-electron chi connectivity index (χ0n) is 12.1. The van der Waals surface area contributed by atoms with E-state index in [4.69, 9.17) is 0 Å². The van der Waals surface area contributed by atoms with E-state index in [9.17, 15) is 17.6 Å². The van der Waals surface area contributed by atoms with Gasteiger partial charge >= 0.3 is 0 Å². The molecule has 2 aromatic rings. The number of carbonyl (C=O) groups is 1. The van der Waals surface area contributed by atoms with Gasteiger partial charge in [-0.1, -0.05) is 0 Å². The average Bonchev–Trinajstić information content (AvgIpc) is 3.33. The molecule has 1 amide bonds. The number of anilines is 1. The smallest absolute Gasteiger partial charge is 0.255 e. The number of hydrogen-bond donors (Lipinski definition) is 2. The van der Waals surface area contributed by atoms with Crippen LogP contribution in [0.5, 0.6) is 0 Å². The first kappa shape index (κ1) is 15.6. The predicted molar refractivity (Wildman–Crippen MR) is 84.1 cm³/mol. The molecule has 0 atom stereocenters. The summed E-state index contributed by atoms with van der Waals surface area (Å²) in [6.07, 6.45) is 1.72. The maximum atomic E-state index is 12.8. The molecule has 0 aliphatic heterocycles. The standard InChI is InChI=1S/C16H15FN2O3S/c17-12-3-5-13(6-4-12)18-16(20)11-1-9-15(10-2-11)23(21,22)19-14-7-8-14/h1-6,9-10,14,19H,7-8H2,(H,18,20). The predicted octanol–water partition coefficient (Wildman–Crippen LogP) is 2.52.